The van der Waals surface area contributed by atoms with Crippen molar-refractivity contribution in [2.24, 2.45) is 5.73 Å². The number of nitrogens with zero attached hydrogens (tertiary/aromatic N) is 1. The highest BCUT2D eigenvalue weighted by Crippen LogP contribution is 2.15. The zero-order valence-electron chi connectivity index (χ0n) is 11.1. The highest BCUT2D eigenvalue weighted by Gasteiger charge is 2.10. The fraction of sp³-hybridized carbons (Fsp3) is 0.571. The molecule has 0 fully saturated rings. The number of ether oxygens (including phenoxy) is 1. The Labute approximate surface area is 105 Å². The van der Waals surface area contributed by atoms with Crippen LogP contribution in [-0.4, -0.2) is 38.3 Å². The Balaban J connectivity index is 2.43. The molecule has 96 valence electrons. The number of hydrogen-bond donors (Lipinski definition) is 1. The van der Waals surface area contributed by atoms with Crippen molar-refractivity contribution in [1.82, 2.24) is 4.90 Å². The van der Waals surface area contributed by atoms with E-state index in [9.17, 15) is 0 Å². The normalized spacial score (nSPS) is 13.0. The molecule has 0 spiro atoms. The average molecular weight is 236 g/mol. The molecule has 0 aliphatic heterocycles. The first kappa shape index (κ1) is 14.2. The number of benzene rings is 1. The van der Waals surface area contributed by atoms with Gasteiger partial charge in [0.2, 0.25) is 0 Å². The van der Waals surface area contributed by atoms with Gasteiger partial charge in [0, 0.05) is 25.7 Å². The van der Waals surface area contributed by atoms with E-state index in [1.807, 2.05) is 19.1 Å². The Morgan fingerprint density at radius 2 is 2.06 bits per heavy atom. The van der Waals surface area contributed by atoms with Gasteiger partial charge >= 0.3 is 0 Å². The highest BCUT2D eigenvalue weighted by molar-refractivity contribution is 5.28. The van der Waals surface area contributed by atoms with Gasteiger partial charge in [0.25, 0.3) is 0 Å². The first-order valence-electron chi connectivity index (χ1n) is 6.22. The van der Waals surface area contributed by atoms with E-state index in [1.54, 1.807) is 0 Å². The summed E-state index contributed by atoms with van der Waals surface area (Å²) >= 11 is 0. The molecule has 0 saturated carbocycles. The zero-order chi connectivity index (χ0) is 12.7. The van der Waals surface area contributed by atoms with Crippen LogP contribution in [0.15, 0.2) is 24.3 Å². The van der Waals surface area contributed by atoms with Gasteiger partial charge in [0.1, 0.15) is 0 Å². The van der Waals surface area contributed by atoms with E-state index in [2.05, 4.69) is 31.0 Å². The third-order valence-electron chi connectivity index (χ3n) is 2.92. The van der Waals surface area contributed by atoms with Crippen LogP contribution in [0.25, 0.3) is 0 Å². The van der Waals surface area contributed by atoms with E-state index < -0.39 is 0 Å². The van der Waals surface area contributed by atoms with Gasteiger partial charge < -0.3 is 15.4 Å². The lowest BCUT2D eigenvalue weighted by Crippen LogP contribution is -2.32. The third-order valence-corrected chi connectivity index (χ3v) is 2.92. The maximum atomic E-state index is 6.22. The van der Waals surface area contributed by atoms with Crippen molar-refractivity contribution in [2.75, 3.05) is 33.4 Å². The Morgan fingerprint density at radius 1 is 1.35 bits per heavy atom. The van der Waals surface area contributed by atoms with Crippen molar-refractivity contribution in [3.8, 4) is 0 Å². The van der Waals surface area contributed by atoms with Gasteiger partial charge in [0.15, 0.2) is 0 Å². The molecule has 1 atom stereocenters. The number of rotatable bonds is 7. The molecule has 3 heteroatoms. The molecule has 0 saturated heterocycles. The molecule has 0 bridgehead atoms. The van der Waals surface area contributed by atoms with Crippen LogP contribution in [0.5, 0.6) is 0 Å². The third kappa shape index (κ3) is 4.86. The second-order valence-electron chi connectivity index (χ2n) is 4.42. The molecule has 0 radical (unpaired) electrons. The minimum atomic E-state index is 0.0721. The maximum absolute atomic E-state index is 6.22. The van der Waals surface area contributed by atoms with E-state index in [4.69, 9.17) is 10.5 Å². The number of hydrogen-bond acceptors (Lipinski definition) is 3. The van der Waals surface area contributed by atoms with Crippen molar-refractivity contribution in [1.29, 1.82) is 0 Å². The fourth-order valence-electron chi connectivity index (χ4n) is 1.89. The fourth-order valence-corrected chi connectivity index (χ4v) is 1.89. The van der Waals surface area contributed by atoms with E-state index in [0.29, 0.717) is 0 Å². The number of nitrogens with two attached hydrogens (primary N) is 1. The molecule has 17 heavy (non-hydrogen) atoms. The molecule has 0 heterocycles. The molecule has 0 amide bonds. The van der Waals surface area contributed by atoms with Gasteiger partial charge in [-0.05, 0) is 32.0 Å². The van der Waals surface area contributed by atoms with E-state index in [0.717, 1.165) is 26.3 Å². The second-order valence-corrected chi connectivity index (χ2v) is 4.42. The lowest BCUT2D eigenvalue weighted by Gasteiger charge is -2.22. The Hall–Kier alpha value is -0.900. The zero-order valence-corrected chi connectivity index (χ0v) is 11.1. The topological polar surface area (TPSA) is 38.5 Å². The summed E-state index contributed by atoms with van der Waals surface area (Å²) in [5, 5.41) is 0. The Morgan fingerprint density at radius 3 is 2.71 bits per heavy atom. The number of likely N-dealkylation sites (N-methyl/N-ethyl adjacent to an activating group) is 1. The van der Waals surface area contributed by atoms with Crippen LogP contribution < -0.4 is 5.73 Å². The molecule has 0 aliphatic carbocycles. The minimum absolute atomic E-state index is 0.0721. The van der Waals surface area contributed by atoms with Gasteiger partial charge in [-0.3, -0.25) is 0 Å². The Kier molecular flexibility index (Phi) is 6.19. The molecule has 3 nitrogen and oxygen atoms in total. The van der Waals surface area contributed by atoms with Crippen molar-refractivity contribution in [3.63, 3.8) is 0 Å². The van der Waals surface area contributed by atoms with Gasteiger partial charge in [-0.25, -0.2) is 0 Å². The van der Waals surface area contributed by atoms with Crippen molar-refractivity contribution < 1.29 is 4.74 Å². The van der Waals surface area contributed by atoms with Gasteiger partial charge in [-0.2, -0.15) is 0 Å². The molecule has 1 aromatic carbocycles. The second kappa shape index (κ2) is 7.43. The first-order valence-corrected chi connectivity index (χ1v) is 6.22. The summed E-state index contributed by atoms with van der Waals surface area (Å²) in [6.07, 6.45) is 0. The predicted octanol–water partition coefficient (Wildman–Crippen LogP) is 1.96. The maximum Gasteiger partial charge on any atom is 0.0593 e. The summed E-state index contributed by atoms with van der Waals surface area (Å²) in [5.74, 6) is 0. The molecular weight excluding hydrogens is 212 g/mol. The highest BCUT2D eigenvalue weighted by atomic mass is 16.5. The van der Waals surface area contributed by atoms with Crippen LogP contribution in [-0.2, 0) is 4.74 Å². The summed E-state index contributed by atoms with van der Waals surface area (Å²) in [4.78, 5) is 2.22. The lowest BCUT2D eigenvalue weighted by molar-refractivity contribution is 0.120. The van der Waals surface area contributed by atoms with Gasteiger partial charge in [-0.1, -0.05) is 24.3 Å². The smallest absolute Gasteiger partial charge is 0.0593 e. The van der Waals surface area contributed by atoms with Crippen LogP contribution in [0.4, 0.5) is 0 Å². The quantitative estimate of drug-likeness (QED) is 0.736. The molecule has 1 unspecified atom stereocenters. The summed E-state index contributed by atoms with van der Waals surface area (Å²) in [5.41, 5.74) is 8.71. The molecule has 1 aromatic rings. The predicted molar refractivity (Wildman–Crippen MR) is 72.1 cm³/mol. The SMILES string of the molecule is CCOCCN(C)CC(N)c1ccccc1C. The van der Waals surface area contributed by atoms with Crippen LogP contribution in [0, 0.1) is 6.92 Å². The summed E-state index contributed by atoms with van der Waals surface area (Å²) in [6.45, 7) is 7.45. The van der Waals surface area contributed by atoms with Crippen LogP contribution in [0.3, 0.4) is 0 Å². The summed E-state index contributed by atoms with van der Waals surface area (Å²) in [7, 11) is 2.08. The minimum Gasteiger partial charge on any atom is -0.380 e. The molecule has 2 N–H and O–H groups in total. The number of aryl methyl sites for hydroxylation is 1. The summed E-state index contributed by atoms with van der Waals surface area (Å²) in [6, 6.07) is 8.38. The van der Waals surface area contributed by atoms with Crippen LogP contribution >= 0.6 is 0 Å². The van der Waals surface area contributed by atoms with E-state index in [1.165, 1.54) is 11.1 Å². The lowest BCUT2D eigenvalue weighted by atomic mass is 10.0. The van der Waals surface area contributed by atoms with Crippen LogP contribution in [0.2, 0.25) is 0 Å². The average Bonchev–Trinajstić information content (AvgIpc) is 2.29. The molecule has 1 rings (SSSR count). The van der Waals surface area contributed by atoms with Crippen molar-refractivity contribution in [3.05, 3.63) is 35.4 Å². The van der Waals surface area contributed by atoms with Crippen molar-refractivity contribution in [2.45, 2.75) is 19.9 Å². The molecule has 0 aromatic heterocycles. The first-order chi connectivity index (χ1) is 8.15. The van der Waals surface area contributed by atoms with E-state index >= 15 is 0 Å². The molecule has 0 aliphatic rings. The van der Waals surface area contributed by atoms with Gasteiger partial charge in [0.05, 0.1) is 6.61 Å². The van der Waals surface area contributed by atoms with E-state index in [-0.39, 0.29) is 6.04 Å². The summed E-state index contributed by atoms with van der Waals surface area (Å²) < 4.78 is 5.33. The Bertz CT molecular complexity index is 328. The van der Waals surface area contributed by atoms with Crippen molar-refractivity contribution >= 4 is 0 Å². The van der Waals surface area contributed by atoms with Crippen LogP contribution in [0.1, 0.15) is 24.1 Å². The monoisotopic (exact) mass is 236 g/mol. The molecular formula is C14H24N2O. The largest absolute Gasteiger partial charge is 0.380 e. The van der Waals surface area contributed by atoms with Gasteiger partial charge in [-0.15, -0.1) is 0 Å². The standard InChI is InChI=1S/C14H24N2O/c1-4-17-10-9-16(3)11-14(15)13-8-6-5-7-12(13)2/h5-8,14H,4,9-11,15H2,1-3H3.